The summed E-state index contributed by atoms with van der Waals surface area (Å²) in [6.45, 7) is 1.40. The molecule has 0 aliphatic heterocycles. The molecule has 0 fully saturated rings. The molecular formula is C10H14NaO5P. The third-order valence-electron chi connectivity index (χ3n) is 1.62. The molecule has 0 saturated heterocycles. The van der Waals surface area contributed by atoms with Crippen molar-refractivity contribution in [2.75, 3.05) is 0 Å². The second-order valence-electron chi connectivity index (χ2n) is 3.01. The van der Waals surface area contributed by atoms with Crippen LogP contribution < -0.4 is 0 Å². The summed E-state index contributed by atoms with van der Waals surface area (Å²) in [4.78, 5) is 17.0. The molecule has 0 saturated carbocycles. The molecule has 1 rings (SSSR count). The third-order valence-corrected chi connectivity index (χ3v) is 2.19. The van der Waals surface area contributed by atoms with Crippen molar-refractivity contribution in [3.8, 4) is 0 Å². The average Bonchev–Trinajstić information content (AvgIpc) is 2.16. The van der Waals surface area contributed by atoms with Crippen molar-refractivity contribution in [3.63, 3.8) is 0 Å². The van der Waals surface area contributed by atoms with Crippen molar-refractivity contribution in [1.82, 2.24) is 0 Å². The van der Waals surface area contributed by atoms with Gasteiger partial charge in [0.15, 0.2) is 0 Å². The van der Waals surface area contributed by atoms with E-state index in [0.717, 1.165) is 5.56 Å². The van der Waals surface area contributed by atoms with Crippen molar-refractivity contribution in [3.05, 3.63) is 42.2 Å². The van der Waals surface area contributed by atoms with Crippen LogP contribution in [0.3, 0.4) is 0 Å². The van der Waals surface area contributed by atoms with Gasteiger partial charge in [0.05, 0.1) is 6.26 Å². The molecule has 0 heterocycles. The zero-order valence-electron chi connectivity index (χ0n) is 8.69. The molecule has 17 heavy (non-hydrogen) atoms. The van der Waals surface area contributed by atoms with E-state index < -0.39 is 14.1 Å². The first-order chi connectivity index (χ1) is 7.47. The Morgan fingerprint density at radius 1 is 1.29 bits per heavy atom. The van der Waals surface area contributed by atoms with Gasteiger partial charge in [0.1, 0.15) is 0 Å². The van der Waals surface area contributed by atoms with Gasteiger partial charge in [-0.25, -0.2) is 9.09 Å². The molecule has 1 unspecified atom stereocenters. The minimum atomic E-state index is -4.49. The Morgan fingerprint density at radius 3 is 2.41 bits per heavy atom. The second kappa shape index (κ2) is 8.06. The van der Waals surface area contributed by atoms with Gasteiger partial charge >= 0.3 is 37.4 Å². The van der Waals surface area contributed by atoms with Gasteiger partial charge in [0, 0.05) is 0 Å². The zero-order chi connectivity index (χ0) is 12.0. The Labute approximate surface area is 122 Å². The molecule has 0 aromatic heterocycles. The summed E-state index contributed by atoms with van der Waals surface area (Å²) in [6.07, 6.45) is 2.00. The Kier molecular flexibility index (Phi) is 8.00. The molecule has 1 atom stereocenters. The van der Waals surface area contributed by atoms with E-state index in [4.69, 9.17) is 14.5 Å². The number of rotatable bonds is 5. The number of hydrogen-bond acceptors (Lipinski definition) is 3. The zero-order valence-corrected chi connectivity index (χ0v) is 9.58. The number of phosphoric acid groups is 1. The first-order valence-electron chi connectivity index (χ1n) is 4.58. The molecule has 0 amide bonds. The van der Waals surface area contributed by atoms with Crippen LogP contribution in [0.2, 0.25) is 0 Å². The quantitative estimate of drug-likeness (QED) is 0.366. The van der Waals surface area contributed by atoms with Crippen LogP contribution >= 0.6 is 7.82 Å². The average molecular weight is 268 g/mol. The van der Waals surface area contributed by atoms with E-state index in [2.05, 4.69) is 4.52 Å². The van der Waals surface area contributed by atoms with Gasteiger partial charge in [-0.15, -0.1) is 0 Å². The van der Waals surface area contributed by atoms with Gasteiger partial charge in [0.25, 0.3) is 0 Å². The summed E-state index contributed by atoms with van der Waals surface area (Å²) in [6, 6.07) is 9.37. The molecule has 1 aromatic rings. The molecule has 7 heteroatoms. The fourth-order valence-corrected chi connectivity index (χ4v) is 1.45. The summed E-state index contributed by atoms with van der Waals surface area (Å²) in [5, 5.41) is 0. The van der Waals surface area contributed by atoms with Gasteiger partial charge < -0.3 is 14.5 Å². The first-order valence-corrected chi connectivity index (χ1v) is 6.11. The Balaban J connectivity index is 0.00000256. The monoisotopic (exact) mass is 268 g/mol. The Bertz CT molecular complexity index is 389. The van der Waals surface area contributed by atoms with E-state index in [1.54, 1.807) is 6.08 Å². The maximum absolute atomic E-state index is 10.4. The van der Waals surface area contributed by atoms with E-state index in [0.29, 0.717) is 0 Å². The van der Waals surface area contributed by atoms with E-state index in [-0.39, 0.29) is 29.6 Å². The molecule has 0 aliphatic rings. The third kappa shape index (κ3) is 8.57. The molecular weight excluding hydrogens is 254 g/mol. The molecule has 0 aliphatic carbocycles. The van der Waals surface area contributed by atoms with Crippen LogP contribution in [0.15, 0.2) is 36.6 Å². The molecule has 0 bridgehead atoms. The minimum absolute atomic E-state index is 0. The fourth-order valence-electron chi connectivity index (χ4n) is 1.01. The number of phosphoric ester groups is 1. The summed E-state index contributed by atoms with van der Waals surface area (Å²) >= 11 is 0. The Morgan fingerprint density at radius 2 is 1.88 bits per heavy atom. The van der Waals surface area contributed by atoms with Crippen LogP contribution in [-0.2, 0) is 13.8 Å². The molecule has 1 aromatic carbocycles. The first kappa shape index (κ1) is 16.9. The summed E-state index contributed by atoms with van der Waals surface area (Å²) in [5.41, 5.74) is 0.922. The fraction of sp³-hybridized carbons (Fsp3) is 0.200. The van der Waals surface area contributed by atoms with Crippen molar-refractivity contribution >= 4 is 43.5 Å². The van der Waals surface area contributed by atoms with Crippen LogP contribution in [0, 0.1) is 0 Å². The maximum atomic E-state index is 10.4. The van der Waals surface area contributed by atoms with Crippen LogP contribution in [0.25, 0.3) is 6.08 Å². The number of benzene rings is 1. The van der Waals surface area contributed by atoms with Crippen LogP contribution in [-0.4, -0.2) is 45.6 Å². The Hall–Kier alpha value is -0.130. The van der Waals surface area contributed by atoms with E-state index in [9.17, 15) is 4.57 Å². The summed E-state index contributed by atoms with van der Waals surface area (Å²) in [7, 11) is -4.49. The normalized spacial score (nSPS) is 13.1. The second-order valence-corrected chi connectivity index (χ2v) is 4.21. The molecule has 0 radical (unpaired) electrons. The SMILES string of the molecule is CC(O/C=C/c1ccccc1)OP(=O)(O)O.[NaH]. The van der Waals surface area contributed by atoms with Crippen molar-refractivity contribution in [2.24, 2.45) is 0 Å². The molecule has 90 valence electrons. The number of hydrogen-bond donors (Lipinski definition) is 2. The predicted molar refractivity (Wildman–Crippen MR) is 66.3 cm³/mol. The van der Waals surface area contributed by atoms with Crippen LogP contribution in [0.4, 0.5) is 0 Å². The van der Waals surface area contributed by atoms with Gasteiger partial charge in [-0.05, 0) is 18.6 Å². The van der Waals surface area contributed by atoms with Crippen LogP contribution in [0.5, 0.6) is 0 Å². The van der Waals surface area contributed by atoms with Crippen LogP contribution in [0.1, 0.15) is 12.5 Å². The predicted octanol–water partition coefficient (Wildman–Crippen LogP) is 1.48. The topological polar surface area (TPSA) is 76.0 Å². The molecule has 5 nitrogen and oxygen atoms in total. The van der Waals surface area contributed by atoms with E-state index >= 15 is 0 Å². The van der Waals surface area contributed by atoms with Gasteiger partial charge in [0.2, 0.25) is 6.29 Å². The van der Waals surface area contributed by atoms with E-state index in [1.807, 2.05) is 30.3 Å². The van der Waals surface area contributed by atoms with Crippen molar-refractivity contribution in [1.29, 1.82) is 0 Å². The molecule has 0 spiro atoms. The van der Waals surface area contributed by atoms with Gasteiger partial charge in [-0.1, -0.05) is 30.3 Å². The molecule has 2 N–H and O–H groups in total. The van der Waals surface area contributed by atoms with Crippen molar-refractivity contribution in [2.45, 2.75) is 13.2 Å². The van der Waals surface area contributed by atoms with E-state index in [1.165, 1.54) is 13.2 Å². The summed E-state index contributed by atoms with van der Waals surface area (Å²) < 4.78 is 19.6. The summed E-state index contributed by atoms with van der Waals surface area (Å²) in [5.74, 6) is 0. The van der Waals surface area contributed by atoms with Gasteiger partial charge in [-0.3, -0.25) is 0 Å². The standard InChI is InChI=1S/C10H13O5P.Na.H/c1-9(15-16(11,12)13)14-8-7-10-5-3-2-4-6-10;;/h2-9H,1H3,(H2,11,12,13);;/b8-7+;;. The van der Waals surface area contributed by atoms with Gasteiger partial charge in [-0.2, -0.15) is 0 Å². The van der Waals surface area contributed by atoms with Crippen molar-refractivity contribution < 1.29 is 23.6 Å². The number of ether oxygens (including phenoxy) is 1.